The number of rotatable bonds is 6. The summed E-state index contributed by atoms with van der Waals surface area (Å²) in [5, 5.41) is 12.1. The van der Waals surface area contributed by atoms with Crippen LogP contribution in [0.3, 0.4) is 0 Å². The lowest BCUT2D eigenvalue weighted by atomic mass is 9.99. The van der Waals surface area contributed by atoms with Gasteiger partial charge in [0.1, 0.15) is 6.10 Å². The lowest BCUT2D eigenvalue weighted by Crippen LogP contribution is -2.25. The van der Waals surface area contributed by atoms with Crippen molar-refractivity contribution >= 4 is 0 Å². The maximum absolute atomic E-state index is 5.94. The van der Waals surface area contributed by atoms with Crippen molar-refractivity contribution in [2.75, 3.05) is 13.2 Å². The van der Waals surface area contributed by atoms with Crippen molar-refractivity contribution in [1.82, 2.24) is 24.9 Å². The first-order valence-corrected chi connectivity index (χ1v) is 8.70. The van der Waals surface area contributed by atoms with Crippen LogP contribution < -0.4 is 5.32 Å². The van der Waals surface area contributed by atoms with Gasteiger partial charge in [-0.15, -0.1) is 0 Å². The molecule has 6 heteroatoms. The van der Waals surface area contributed by atoms with Crippen LogP contribution >= 0.6 is 0 Å². The number of nitrogens with one attached hydrogen (secondary N) is 1. The Bertz CT molecular complexity index is 794. The van der Waals surface area contributed by atoms with Gasteiger partial charge in [0, 0.05) is 51.3 Å². The van der Waals surface area contributed by atoms with Crippen LogP contribution in [0.25, 0.3) is 5.69 Å². The molecular weight excluding hydrogens is 314 g/mol. The van der Waals surface area contributed by atoms with E-state index in [1.165, 1.54) is 5.56 Å². The van der Waals surface area contributed by atoms with Crippen LogP contribution in [0.1, 0.15) is 23.8 Å². The van der Waals surface area contributed by atoms with Gasteiger partial charge in [0.05, 0.1) is 11.4 Å². The molecule has 0 amide bonds. The zero-order valence-electron chi connectivity index (χ0n) is 14.4. The second-order valence-electron chi connectivity index (χ2n) is 6.47. The van der Waals surface area contributed by atoms with Gasteiger partial charge in [-0.05, 0) is 36.2 Å². The molecule has 0 saturated carbocycles. The Morgan fingerprint density at radius 3 is 2.76 bits per heavy atom. The van der Waals surface area contributed by atoms with Crippen molar-refractivity contribution < 1.29 is 4.74 Å². The third-order valence-corrected chi connectivity index (χ3v) is 4.81. The zero-order chi connectivity index (χ0) is 17.1. The molecule has 0 spiro atoms. The second kappa shape index (κ2) is 7.21. The third kappa shape index (κ3) is 3.50. The van der Waals surface area contributed by atoms with Gasteiger partial charge in [-0.3, -0.25) is 4.68 Å². The van der Waals surface area contributed by atoms with Gasteiger partial charge in [-0.2, -0.15) is 10.2 Å². The minimum atomic E-state index is 0.141. The third-order valence-electron chi connectivity index (χ3n) is 4.81. The fraction of sp³-hybridized carbons (Fsp3) is 0.368. The van der Waals surface area contributed by atoms with E-state index in [1.807, 2.05) is 34.9 Å². The van der Waals surface area contributed by atoms with Crippen LogP contribution in [0, 0.1) is 5.92 Å². The predicted octanol–water partition coefficient (Wildman–Crippen LogP) is 2.47. The monoisotopic (exact) mass is 337 g/mol. The van der Waals surface area contributed by atoms with Gasteiger partial charge in [0.2, 0.25) is 0 Å². The Morgan fingerprint density at radius 1 is 1.16 bits per heavy atom. The maximum atomic E-state index is 5.94. The minimum Gasteiger partial charge on any atom is -0.372 e. The smallest absolute Gasteiger partial charge is 0.103 e. The number of aromatic nitrogens is 4. The highest BCUT2D eigenvalue weighted by molar-refractivity contribution is 5.33. The summed E-state index contributed by atoms with van der Waals surface area (Å²) in [4.78, 5) is 0. The topological polar surface area (TPSA) is 56.9 Å². The van der Waals surface area contributed by atoms with Gasteiger partial charge in [-0.1, -0.05) is 12.1 Å². The van der Waals surface area contributed by atoms with Crippen LogP contribution in [0.5, 0.6) is 0 Å². The van der Waals surface area contributed by atoms with Crippen molar-refractivity contribution in [1.29, 1.82) is 0 Å². The highest BCUT2D eigenvalue weighted by Crippen LogP contribution is 2.33. The fourth-order valence-electron chi connectivity index (χ4n) is 3.42. The van der Waals surface area contributed by atoms with E-state index in [9.17, 15) is 0 Å². The molecule has 130 valence electrons. The normalized spacial score (nSPS) is 20.2. The summed E-state index contributed by atoms with van der Waals surface area (Å²) in [6.07, 6.45) is 6.80. The average Bonchev–Trinajstić information content (AvgIpc) is 3.37. The lowest BCUT2D eigenvalue weighted by molar-refractivity contribution is 0.0838. The number of ether oxygens (including phenoxy) is 1. The Kier molecular flexibility index (Phi) is 4.63. The van der Waals surface area contributed by atoms with Gasteiger partial charge < -0.3 is 10.1 Å². The summed E-state index contributed by atoms with van der Waals surface area (Å²) in [7, 11) is 1.97. The van der Waals surface area contributed by atoms with Gasteiger partial charge in [0.15, 0.2) is 0 Å². The van der Waals surface area contributed by atoms with E-state index in [0.29, 0.717) is 5.92 Å². The van der Waals surface area contributed by atoms with Gasteiger partial charge in [-0.25, -0.2) is 4.68 Å². The van der Waals surface area contributed by atoms with E-state index in [4.69, 9.17) is 4.74 Å². The van der Waals surface area contributed by atoms with E-state index in [1.54, 1.807) is 6.20 Å². The molecule has 1 aliphatic rings. The number of hydrogen-bond donors (Lipinski definition) is 1. The number of benzene rings is 1. The van der Waals surface area contributed by atoms with Crippen molar-refractivity contribution in [3.63, 3.8) is 0 Å². The molecule has 1 aliphatic heterocycles. The molecule has 0 unspecified atom stereocenters. The van der Waals surface area contributed by atoms with Crippen LogP contribution in [0.4, 0.5) is 0 Å². The van der Waals surface area contributed by atoms with E-state index < -0.39 is 0 Å². The second-order valence-corrected chi connectivity index (χ2v) is 6.47. The number of nitrogens with zero attached hydrogens (tertiary/aromatic N) is 4. The Labute approximate surface area is 147 Å². The van der Waals surface area contributed by atoms with E-state index in [2.05, 4.69) is 45.8 Å². The first kappa shape index (κ1) is 16.1. The average molecular weight is 337 g/mol. The summed E-state index contributed by atoms with van der Waals surface area (Å²) in [6.45, 7) is 2.62. The quantitative estimate of drug-likeness (QED) is 0.751. The largest absolute Gasteiger partial charge is 0.372 e. The molecule has 4 rings (SSSR count). The van der Waals surface area contributed by atoms with E-state index >= 15 is 0 Å². The van der Waals surface area contributed by atoms with Gasteiger partial charge in [0.25, 0.3) is 0 Å². The standard InChI is InChI=1S/C19H23N5O/c1-23-18(7-10-21-23)19-16(8-12-25-19)14-20-13-15-3-5-17(6-4-15)24-11-2-9-22-24/h2-7,9-11,16,19-20H,8,12-14H2,1H3/t16-,19+/m0/s1. The molecule has 1 aromatic carbocycles. The molecule has 0 radical (unpaired) electrons. The van der Waals surface area contributed by atoms with Crippen LogP contribution in [-0.2, 0) is 18.3 Å². The molecule has 2 aromatic heterocycles. The van der Waals surface area contributed by atoms with Crippen LogP contribution in [0.2, 0.25) is 0 Å². The van der Waals surface area contributed by atoms with Gasteiger partial charge >= 0.3 is 0 Å². The Hall–Kier alpha value is -2.44. The fourth-order valence-corrected chi connectivity index (χ4v) is 3.42. The molecule has 1 saturated heterocycles. The van der Waals surface area contributed by atoms with Crippen molar-refractivity contribution in [2.24, 2.45) is 13.0 Å². The maximum Gasteiger partial charge on any atom is 0.103 e. The Morgan fingerprint density at radius 2 is 2.04 bits per heavy atom. The molecule has 3 heterocycles. The predicted molar refractivity (Wildman–Crippen MR) is 95.3 cm³/mol. The highest BCUT2D eigenvalue weighted by atomic mass is 16.5. The molecule has 2 atom stereocenters. The lowest BCUT2D eigenvalue weighted by Gasteiger charge is -2.19. The van der Waals surface area contributed by atoms with Crippen LogP contribution in [0.15, 0.2) is 55.0 Å². The SMILES string of the molecule is Cn1nccc1[C@@H]1OCC[C@H]1CNCc1ccc(-n2cccn2)cc1. The van der Waals surface area contributed by atoms with E-state index in [0.717, 1.165) is 37.5 Å². The molecule has 1 N–H and O–H groups in total. The molecule has 1 fully saturated rings. The van der Waals surface area contributed by atoms with Crippen LogP contribution in [-0.4, -0.2) is 32.7 Å². The molecule has 3 aromatic rings. The summed E-state index contributed by atoms with van der Waals surface area (Å²) in [5.41, 5.74) is 3.51. The zero-order valence-corrected chi connectivity index (χ0v) is 14.4. The molecular formula is C19H23N5O. The minimum absolute atomic E-state index is 0.141. The van der Waals surface area contributed by atoms with Crippen molar-refractivity contribution in [3.8, 4) is 5.69 Å². The van der Waals surface area contributed by atoms with E-state index in [-0.39, 0.29) is 6.10 Å². The molecule has 25 heavy (non-hydrogen) atoms. The van der Waals surface area contributed by atoms with Crippen molar-refractivity contribution in [2.45, 2.75) is 19.1 Å². The molecule has 6 nitrogen and oxygen atoms in total. The summed E-state index contributed by atoms with van der Waals surface area (Å²) in [6, 6.07) is 12.5. The molecule has 0 aliphatic carbocycles. The summed E-state index contributed by atoms with van der Waals surface area (Å²) >= 11 is 0. The summed E-state index contributed by atoms with van der Waals surface area (Å²) in [5.74, 6) is 0.485. The first-order valence-electron chi connectivity index (χ1n) is 8.70. The number of hydrogen-bond acceptors (Lipinski definition) is 4. The highest BCUT2D eigenvalue weighted by Gasteiger charge is 2.31. The first-order chi connectivity index (χ1) is 12.3. The number of aryl methyl sites for hydroxylation is 1. The molecule has 0 bridgehead atoms. The van der Waals surface area contributed by atoms with Crippen molar-refractivity contribution in [3.05, 3.63) is 66.2 Å². The summed E-state index contributed by atoms with van der Waals surface area (Å²) < 4.78 is 9.72. The Balaban J connectivity index is 1.32.